The lowest BCUT2D eigenvalue weighted by atomic mass is 9.76. The first kappa shape index (κ1) is 21.1. The monoisotopic (exact) mass is 453 g/mol. The Morgan fingerprint density at radius 1 is 1.16 bits per heavy atom. The van der Waals surface area contributed by atoms with Crippen LogP contribution in [0.25, 0.3) is 0 Å². The second-order valence-corrected chi connectivity index (χ2v) is 9.32. The fraction of sp³-hybridized carbons (Fsp3) is 0.375. The number of benzene rings is 2. The first-order chi connectivity index (χ1) is 15.3. The number of hydrogen-bond acceptors (Lipinski definition) is 5. The summed E-state index contributed by atoms with van der Waals surface area (Å²) in [6, 6.07) is 12.4. The molecule has 8 heteroatoms. The maximum atomic E-state index is 13.6. The predicted octanol–water partition coefficient (Wildman–Crippen LogP) is 1.99. The van der Waals surface area contributed by atoms with Gasteiger partial charge in [0.05, 0.1) is 28.6 Å². The molecule has 0 aromatic heterocycles. The minimum absolute atomic E-state index is 0.223. The van der Waals surface area contributed by atoms with Gasteiger partial charge in [-0.2, -0.15) is 0 Å². The van der Waals surface area contributed by atoms with Gasteiger partial charge in [0, 0.05) is 18.2 Å². The molecule has 2 fully saturated rings. The molecule has 0 radical (unpaired) electrons. The van der Waals surface area contributed by atoms with E-state index in [-0.39, 0.29) is 12.5 Å². The number of likely N-dealkylation sites (tertiary alicyclic amines) is 1. The lowest BCUT2D eigenvalue weighted by Crippen LogP contribution is -2.55. The van der Waals surface area contributed by atoms with Crippen LogP contribution in [0.15, 0.2) is 42.5 Å². The Labute approximate surface area is 190 Å². The Morgan fingerprint density at radius 2 is 1.88 bits per heavy atom. The lowest BCUT2D eigenvalue weighted by Gasteiger charge is -2.30. The van der Waals surface area contributed by atoms with E-state index in [1.807, 2.05) is 43.3 Å². The van der Waals surface area contributed by atoms with Crippen molar-refractivity contribution < 1.29 is 19.5 Å². The van der Waals surface area contributed by atoms with Gasteiger partial charge in [-0.3, -0.25) is 24.6 Å². The number of aliphatic hydroxyl groups excluding tert-OH is 1. The SMILES string of the molecule is Cc1cc(Cl)c2c(c1)C1(NC(C(C)O)C3C(=O)N(CCc4ccccc4)C(=O)C31)C(=O)N2. The van der Waals surface area contributed by atoms with Crippen LogP contribution in [0.5, 0.6) is 0 Å². The highest BCUT2D eigenvalue weighted by Crippen LogP contribution is 2.54. The number of aliphatic hydroxyl groups is 1. The molecule has 5 unspecified atom stereocenters. The van der Waals surface area contributed by atoms with Gasteiger partial charge in [0.2, 0.25) is 17.7 Å². The fourth-order valence-corrected chi connectivity index (χ4v) is 5.83. The zero-order chi connectivity index (χ0) is 22.8. The summed E-state index contributed by atoms with van der Waals surface area (Å²) in [5, 5.41) is 16.9. The van der Waals surface area contributed by atoms with Gasteiger partial charge in [0.15, 0.2) is 0 Å². The highest BCUT2D eigenvalue weighted by Gasteiger charge is 2.71. The van der Waals surface area contributed by atoms with Crippen molar-refractivity contribution in [3.05, 3.63) is 64.2 Å². The number of anilines is 1. The Bertz CT molecular complexity index is 1140. The molecule has 3 N–H and O–H groups in total. The largest absolute Gasteiger partial charge is 0.392 e. The first-order valence-corrected chi connectivity index (χ1v) is 11.1. The van der Waals surface area contributed by atoms with Gasteiger partial charge in [-0.15, -0.1) is 0 Å². The van der Waals surface area contributed by atoms with Crippen molar-refractivity contribution in [2.24, 2.45) is 11.8 Å². The Balaban J connectivity index is 1.58. The molecular formula is C24H24ClN3O4. The van der Waals surface area contributed by atoms with Crippen LogP contribution in [0, 0.1) is 18.8 Å². The van der Waals surface area contributed by atoms with E-state index in [1.54, 1.807) is 13.0 Å². The van der Waals surface area contributed by atoms with Crippen LogP contribution >= 0.6 is 11.6 Å². The number of imide groups is 1. The van der Waals surface area contributed by atoms with Gasteiger partial charge in [0.25, 0.3) is 0 Å². The molecule has 5 atom stereocenters. The maximum absolute atomic E-state index is 13.6. The van der Waals surface area contributed by atoms with Gasteiger partial charge in [-0.1, -0.05) is 48.0 Å². The van der Waals surface area contributed by atoms with E-state index in [9.17, 15) is 19.5 Å². The highest BCUT2D eigenvalue weighted by molar-refractivity contribution is 6.35. The third-order valence-corrected chi connectivity index (χ3v) is 7.23. The molecule has 3 aliphatic rings. The van der Waals surface area contributed by atoms with E-state index in [1.165, 1.54) is 4.90 Å². The van der Waals surface area contributed by atoms with E-state index >= 15 is 0 Å². The number of carbonyl (C=O) groups excluding carboxylic acids is 3. The van der Waals surface area contributed by atoms with E-state index in [4.69, 9.17) is 11.6 Å². The molecule has 166 valence electrons. The van der Waals surface area contributed by atoms with Crippen LogP contribution in [0.2, 0.25) is 5.02 Å². The maximum Gasteiger partial charge on any atom is 0.250 e. The number of hydrogen-bond donors (Lipinski definition) is 3. The molecule has 2 saturated heterocycles. The fourth-order valence-electron chi connectivity index (χ4n) is 5.50. The Kier molecular flexibility index (Phi) is 4.89. The lowest BCUT2D eigenvalue weighted by molar-refractivity contribution is -0.143. The minimum atomic E-state index is -1.45. The zero-order valence-electron chi connectivity index (χ0n) is 17.8. The molecule has 5 rings (SSSR count). The number of nitrogens with zero attached hydrogens (tertiary/aromatic N) is 1. The number of amides is 3. The summed E-state index contributed by atoms with van der Waals surface area (Å²) < 4.78 is 0. The molecule has 3 aliphatic heterocycles. The quantitative estimate of drug-likeness (QED) is 0.615. The average molecular weight is 454 g/mol. The average Bonchev–Trinajstić information content (AvgIpc) is 3.34. The van der Waals surface area contributed by atoms with Crippen molar-refractivity contribution in [2.75, 3.05) is 11.9 Å². The molecule has 0 saturated carbocycles. The molecule has 1 spiro atoms. The second-order valence-electron chi connectivity index (χ2n) is 8.91. The predicted molar refractivity (Wildman–Crippen MR) is 119 cm³/mol. The topological polar surface area (TPSA) is 98.7 Å². The molecule has 2 aromatic carbocycles. The van der Waals surface area contributed by atoms with Crippen LogP contribution < -0.4 is 10.6 Å². The molecule has 0 bridgehead atoms. The molecule has 0 aliphatic carbocycles. The van der Waals surface area contributed by atoms with Crippen LogP contribution in [0.4, 0.5) is 5.69 Å². The van der Waals surface area contributed by atoms with Crippen molar-refractivity contribution in [3.8, 4) is 0 Å². The number of fused-ring (bicyclic) bond motifs is 4. The van der Waals surface area contributed by atoms with Gasteiger partial charge < -0.3 is 10.4 Å². The molecule has 7 nitrogen and oxygen atoms in total. The number of aryl methyl sites for hydroxylation is 1. The van der Waals surface area contributed by atoms with Crippen LogP contribution in [0.3, 0.4) is 0 Å². The summed E-state index contributed by atoms with van der Waals surface area (Å²) in [7, 11) is 0. The molecule has 3 heterocycles. The summed E-state index contributed by atoms with van der Waals surface area (Å²) in [6.07, 6.45) is -0.421. The van der Waals surface area contributed by atoms with Crippen molar-refractivity contribution in [1.29, 1.82) is 0 Å². The standard InChI is InChI=1S/C24H24ClN3O4/c1-12-10-15-20(16(25)11-12)26-23(32)24(15)18-17(19(27-24)13(2)29)21(30)28(22(18)31)9-8-14-6-4-3-5-7-14/h3-7,10-11,13,17-19,27,29H,8-9H2,1-2H3,(H,26,32). The number of carbonyl (C=O) groups is 3. The smallest absolute Gasteiger partial charge is 0.250 e. The molecule has 2 aromatic rings. The van der Waals surface area contributed by atoms with E-state index in [0.29, 0.717) is 22.7 Å². The first-order valence-electron chi connectivity index (χ1n) is 10.7. The Morgan fingerprint density at radius 3 is 2.56 bits per heavy atom. The van der Waals surface area contributed by atoms with Gasteiger partial charge >= 0.3 is 0 Å². The van der Waals surface area contributed by atoms with Crippen molar-refractivity contribution in [1.82, 2.24) is 10.2 Å². The number of nitrogens with one attached hydrogen (secondary N) is 2. The third-order valence-electron chi connectivity index (χ3n) is 6.93. The van der Waals surface area contributed by atoms with Crippen molar-refractivity contribution >= 4 is 35.0 Å². The summed E-state index contributed by atoms with van der Waals surface area (Å²) in [5.74, 6) is -2.97. The van der Waals surface area contributed by atoms with Gasteiger partial charge in [-0.25, -0.2) is 0 Å². The van der Waals surface area contributed by atoms with Crippen LogP contribution in [-0.4, -0.2) is 46.4 Å². The second kappa shape index (κ2) is 7.40. The van der Waals surface area contributed by atoms with E-state index in [2.05, 4.69) is 10.6 Å². The van der Waals surface area contributed by atoms with Crippen LogP contribution in [-0.2, 0) is 26.3 Å². The normalized spacial score (nSPS) is 29.4. The summed E-state index contributed by atoms with van der Waals surface area (Å²) >= 11 is 6.40. The minimum Gasteiger partial charge on any atom is -0.392 e. The summed E-state index contributed by atoms with van der Waals surface area (Å²) in [5.41, 5.74) is 1.39. The van der Waals surface area contributed by atoms with E-state index in [0.717, 1.165) is 11.1 Å². The van der Waals surface area contributed by atoms with Gasteiger partial charge in [0.1, 0.15) is 5.54 Å². The number of halogens is 1. The van der Waals surface area contributed by atoms with Crippen molar-refractivity contribution in [2.45, 2.75) is 38.0 Å². The summed E-state index contributed by atoms with van der Waals surface area (Å²) in [6.45, 7) is 3.64. The molecule has 3 amide bonds. The van der Waals surface area contributed by atoms with Crippen molar-refractivity contribution in [3.63, 3.8) is 0 Å². The zero-order valence-corrected chi connectivity index (χ0v) is 18.5. The molecule has 32 heavy (non-hydrogen) atoms. The number of rotatable bonds is 4. The Hall–Kier alpha value is -2.74. The van der Waals surface area contributed by atoms with Crippen LogP contribution in [0.1, 0.15) is 23.6 Å². The third kappa shape index (κ3) is 2.85. The van der Waals surface area contributed by atoms with Gasteiger partial charge in [-0.05, 0) is 37.5 Å². The van der Waals surface area contributed by atoms with E-state index < -0.39 is 41.3 Å². The summed E-state index contributed by atoms with van der Waals surface area (Å²) in [4.78, 5) is 41.7. The highest BCUT2D eigenvalue weighted by atomic mass is 35.5. The molecular weight excluding hydrogens is 430 g/mol.